The first-order chi connectivity index (χ1) is 23.7. The van der Waals surface area contributed by atoms with Crippen LogP contribution < -0.4 is 5.32 Å². The Morgan fingerprint density at radius 1 is 0.694 bits per heavy atom. The Morgan fingerprint density at radius 2 is 1.27 bits per heavy atom. The molecule has 6 rings (SSSR count). The van der Waals surface area contributed by atoms with Crippen molar-refractivity contribution in [1.82, 2.24) is 15.1 Å². The monoisotopic (exact) mass is 681 g/mol. The van der Waals surface area contributed by atoms with E-state index in [1.807, 2.05) is 30.3 Å². The molecule has 3 atom stereocenters. The minimum Gasteiger partial charge on any atom is -0.392 e. The van der Waals surface area contributed by atoms with Crippen LogP contribution in [0, 0.1) is 29.1 Å². The van der Waals surface area contributed by atoms with Gasteiger partial charge in [0, 0.05) is 57.8 Å². The van der Waals surface area contributed by atoms with Gasteiger partial charge in [-0.3, -0.25) is 14.6 Å². The Kier molecular flexibility index (Phi) is 11.0. The first-order valence-corrected chi connectivity index (χ1v) is 16.1. The van der Waals surface area contributed by atoms with Crippen LogP contribution in [0.2, 0.25) is 0 Å². The highest BCUT2D eigenvalue weighted by Gasteiger charge is 2.34. The van der Waals surface area contributed by atoms with Crippen molar-refractivity contribution in [3.8, 4) is 0 Å². The van der Waals surface area contributed by atoms with Gasteiger partial charge in [-0.25, -0.2) is 22.0 Å². The molecule has 2 heterocycles. The average molecular weight is 682 g/mol. The number of rotatable bonds is 10. The predicted molar refractivity (Wildman–Crippen MR) is 170 cm³/mol. The number of benzene rings is 4. The van der Waals surface area contributed by atoms with E-state index in [1.54, 1.807) is 24.3 Å². The van der Waals surface area contributed by atoms with E-state index in [1.165, 1.54) is 5.56 Å². The standard InChI is InChI=1S/C37H36F5N3O4/c38-31-30(32(39)34(41)35(42)33(31)40)36(47)43-19-23-6-12-27(13-7-23)37-48-28(18-29(49-37)26-10-8-25(22-46)9-11-26)21-45-16-14-44(15-17-45)20-24-4-2-1-3-5-24/h1-13,28-29,37,46H,14-22H2,(H,43,47). The fourth-order valence-corrected chi connectivity index (χ4v) is 6.16. The molecule has 2 saturated heterocycles. The first-order valence-electron chi connectivity index (χ1n) is 16.1. The normalized spacial score (nSPS) is 20.3. The number of piperazine rings is 1. The van der Waals surface area contributed by atoms with Crippen molar-refractivity contribution in [2.75, 3.05) is 32.7 Å². The summed E-state index contributed by atoms with van der Waals surface area (Å²) in [5.74, 6) is -12.5. The quantitative estimate of drug-likeness (QED) is 0.119. The average Bonchev–Trinajstić information content (AvgIpc) is 3.14. The van der Waals surface area contributed by atoms with Crippen LogP contribution in [-0.2, 0) is 29.2 Å². The first kappa shape index (κ1) is 34.7. The fraction of sp³-hybridized carbons (Fsp3) is 0.324. The molecule has 12 heteroatoms. The third kappa shape index (κ3) is 8.17. The molecule has 2 aliphatic rings. The van der Waals surface area contributed by atoms with Crippen molar-refractivity contribution in [3.05, 3.63) is 141 Å². The number of halogens is 5. The van der Waals surface area contributed by atoms with Gasteiger partial charge in [0.25, 0.3) is 5.91 Å². The molecular weight excluding hydrogens is 645 g/mol. The third-order valence-corrected chi connectivity index (χ3v) is 8.93. The molecule has 0 radical (unpaired) electrons. The summed E-state index contributed by atoms with van der Waals surface area (Å²) in [7, 11) is 0. The zero-order valence-corrected chi connectivity index (χ0v) is 26.6. The summed E-state index contributed by atoms with van der Waals surface area (Å²) in [6.45, 7) is 5.01. The van der Waals surface area contributed by atoms with Gasteiger partial charge in [0.1, 0.15) is 5.56 Å². The highest BCUT2D eigenvalue weighted by atomic mass is 19.2. The maximum atomic E-state index is 14.1. The van der Waals surface area contributed by atoms with Crippen LogP contribution in [-0.4, -0.2) is 59.6 Å². The molecule has 2 aliphatic heterocycles. The third-order valence-electron chi connectivity index (χ3n) is 8.93. The van der Waals surface area contributed by atoms with Gasteiger partial charge < -0.3 is 19.9 Å². The molecule has 2 fully saturated rings. The Hall–Kier alpha value is -4.20. The van der Waals surface area contributed by atoms with Gasteiger partial charge >= 0.3 is 0 Å². The summed E-state index contributed by atoms with van der Waals surface area (Å²) in [6.07, 6.45) is -0.531. The lowest BCUT2D eigenvalue weighted by Crippen LogP contribution is -2.49. The number of aliphatic hydroxyl groups excluding tert-OH is 1. The molecule has 258 valence electrons. The number of nitrogens with one attached hydrogen (secondary N) is 1. The van der Waals surface area contributed by atoms with E-state index in [0.717, 1.165) is 43.9 Å². The molecule has 0 saturated carbocycles. The van der Waals surface area contributed by atoms with Crippen molar-refractivity contribution in [2.24, 2.45) is 0 Å². The second-order valence-corrected chi connectivity index (χ2v) is 12.3. The molecule has 1 amide bonds. The summed E-state index contributed by atoms with van der Waals surface area (Å²) in [5, 5.41) is 11.7. The van der Waals surface area contributed by atoms with Crippen molar-refractivity contribution in [3.63, 3.8) is 0 Å². The van der Waals surface area contributed by atoms with Crippen molar-refractivity contribution in [2.45, 2.75) is 44.6 Å². The molecule has 4 aromatic rings. The van der Waals surface area contributed by atoms with Crippen LogP contribution in [0.4, 0.5) is 22.0 Å². The van der Waals surface area contributed by atoms with Crippen molar-refractivity contribution in [1.29, 1.82) is 0 Å². The lowest BCUT2D eigenvalue weighted by atomic mass is 9.99. The minimum atomic E-state index is -2.33. The lowest BCUT2D eigenvalue weighted by Gasteiger charge is -2.40. The molecule has 7 nitrogen and oxygen atoms in total. The highest BCUT2D eigenvalue weighted by Crippen LogP contribution is 2.38. The van der Waals surface area contributed by atoms with Gasteiger partial charge in [-0.05, 0) is 22.3 Å². The van der Waals surface area contributed by atoms with Crippen molar-refractivity contribution < 1.29 is 41.3 Å². The van der Waals surface area contributed by atoms with Crippen LogP contribution in [0.15, 0.2) is 78.9 Å². The van der Waals surface area contributed by atoms with Crippen LogP contribution in [0.25, 0.3) is 0 Å². The number of ether oxygens (including phenoxy) is 2. The largest absolute Gasteiger partial charge is 0.392 e. The Bertz CT molecular complexity index is 1710. The molecule has 0 spiro atoms. The predicted octanol–water partition coefficient (Wildman–Crippen LogP) is 6.17. The summed E-state index contributed by atoms with van der Waals surface area (Å²) >= 11 is 0. The van der Waals surface area contributed by atoms with E-state index < -0.39 is 46.8 Å². The lowest BCUT2D eigenvalue weighted by molar-refractivity contribution is -0.253. The molecular formula is C37H36F5N3O4. The zero-order valence-electron chi connectivity index (χ0n) is 26.6. The van der Waals surface area contributed by atoms with E-state index in [2.05, 4.69) is 39.4 Å². The molecule has 49 heavy (non-hydrogen) atoms. The number of amides is 1. The summed E-state index contributed by atoms with van der Waals surface area (Å²) in [4.78, 5) is 17.2. The molecule has 2 N–H and O–H groups in total. The molecule has 0 aliphatic carbocycles. The number of carbonyl (C=O) groups excluding carboxylic acids is 1. The minimum absolute atomic E-state index is 0.0647. The van der Waals surface area contributed by atoms with E-state index in [-0.39, 0.29) is 25.4 Å². The van der Waals surface area contributed by atoms with Crippen molar-refractivity contribution >= 4 is 5.91 Å². The molecule has 0 bridgehead atoms. The van der Waals surface area contributed by atoms with E-state index in [9.17, 15) is 31.9 Å². The van der Waals surface area contributed by atoms with E-state index in [0.29, 0.717) is 24.1 Å². The summed E-state index contributed by atoms with van der Waals surface area (Å²) in [6, 6.07) is 24.8. The number of carbonyl (C=O) groups is 1. The van der Waals surface area contributed by atoms with E-state index in [4.69, 9.17) is 9.47 Å². The Labute approximate surface area is 280 Å². The van der Waals surface area contributed by atoms with Gasteiger partial charge in [-0.2, -0.15) is 0 Å². The van der Waals surface area contributed by atoms with Crippen LogP contribution in [0.1, 0.15) is 57.0 Å². The summed E-state index contributed by atoms with van der Waals surface area (Å²) in [5.41, 5.74) is 2.70. The topological polar surface area (TPSA) is 74.3 Å². The Morgan fingerprint density at radius 3 is 1.90 bits per heavy atom. The summed E-state index contributed by atoms with van der Waals surface area (Å²) < 4.78 is 81.6. The number of hydrogen-bond donors (Lipinski definition) is 2. The molecule has 3 unspecified atom stereocenters. The zero-order chi connectivity index (χ0) is 34.5. The second-order valence-electron chi connectivity index (χ2n) is 12.3. The van der Waals surface area contributed by atoms with Gasteiger partial charge in [0.2, 0.25) is 5.82 Å². The maximum absolute atomic E-state index is 14.1. The maximum Gasteiger partial charge on any atom is 0.257 e. The fourth-order valence-electron chi connectivity index (χ4n) is 6.16. The van der Waals surface area contributed by atoms with Crippen LogP contribution in [0.3, 0.4) is 0 Å². The van der Waals surface area contributed by atoms with Crippen LogP contribution >= 0.6 is 0 Å². The number of nitrogens with zero attached hydrogens (tertiary/aromatic N) is 2. The Balaban J connectivity index is 1.11. The van der Waals surface area contributed by atoms with Crippen LogP contribution in [0.5, 0.6) is 0 Å². The molecule has 4 aromatic carbocycles. The van der Waals surface area contributed by atoms with Gasteiger partial charge in [0.15, 0.2) is 29.6 Å². The SMILES string of the molecule is O=C(NCc1ccc(C2OC(CN3CCN(Cc4ccccc4)CC3)CC(c3ccc(CO)cc3)O2)cc1)c1c(F)c(F)c(F)c(F)c1F. The van der Waals surface area contributed by atoms with E-state index >= 15 is 0 Å². The molecule has 0 aromatic heterocycles. The number of aliphatic hydroxyl groups is 1. The number of hydrogen-bond acceptors (Lipinski definition) is 6. The smallest absolute Gasteiger partial charge is 0.257 e. The highest BCUT2D eigenvalue weighted by molar-refractivity contribution is 5.94. The van der Waals surface area contributed by atoms with Gasteiger partial charge in [-0.1, -0.05) is 78.9 Å². The van der Waals surface area contributed by atoms with Gasteiger partial charge in [0.05, 0.1) is 18.8 Å². The second kappa shape index (κ2) is 15.6. The van der Waals surface area contributed by atoms with Gasteiger partial charge in [-0.15, -0.1) is 0 Å².